The van der Waals surface area contributed by atoms with E-state index in [4.69, 9.17) is 4.74 Å². The first-order chi connectivity index (χ1) is 7.91. The number of ether oxygens (including phenoxy) is 1. The van der Waals surface area contributed by atoms with Crippen LogP contribution in [-0.2, 0) is 4.74 Å². The van der Waals surface area contributed by atoms with Crippen LogP contribution in [0.3, 0.4) is 0 Å². The van der Waals surface area contributed by atoms with Crippen molar-refractivity contribution >= 4 is 11.8 Å². The van der Waals surface area contributed by atoms with Crippen LogP contribution in [-0.4, -0.2) is 47.7 Å². The van der Waals surface area contributed by atoms with Crippen LogP contribution in [0.2, 0.25) is 0 Å². The van der Waals surface area contributed by atoms with Crippen molar-refractivity contribution in [3.8, 4) is 6.07 Å². The summed E-state index contributed by atoms with van der Waals surface area (Å²) in [4.78, 5) is 2.40. The van der Waals surface area contributed by atoms with Crippen molar-refractivity contribution in [2.24, 2.45) is 0 Å². The highest BCUT2D eigenvalue weighted by molar-refractivity contribution is 8.00. The maximum atomic E-state index is 9.20. The third kappa shape index (κ3) is 4.87. The third-order valence-electron chi connectivity index (χ3n) is 3.20. The van der Waals surface area contributed by atoms with Crippen LogP contribution in [0.4, 0.5) is 0 Å². The van der Waals surface area contributed by atoms with Crippen molar-refractivity contribution in [3.05, 3.63) is 0 Å². The monoisotopic (exact) mass is 256 g/mol. The van der Waals surface area contributed by atoms with Gasteiger partial charge in [-0.15, -0.1) is 11.8 Å². The minimum Gasteiger partial charge on any atom is -0.375 e. The normalized spacial score (nSPS) is 21.1. The molecule has 0 radical (unpaired) electrons. The van der Waals surface area contributed by atoms with E-state index >= 15 is 0 Å². The molecule has 0 N–H and O–H groups in total. The van der Waals surface area contributed by atoms with E-state index in [9.17, 15) is 5.26 Å². The fourth-order valence-corrected chi connectivity index (χ4v) is 2.66. The predicted octanol–water partition coefficient (Wildman–Crippen LogP) is 2.52. The first-order valence-corrected chi connectivity index (χ1v) is 7.46. The van der Waals surface area contributed by atoms with Gasteiger partial charge in [0.15, 0.2) is 0 Å². The molecule has 0 aromatic heterocycles. The van der Waals surface area contributed by atoms with Gasteiger partial charge in [-0.25, -0.2) is 0 Å². The molecule has 98 valence electrons. The van der Waals surface area contributed by atoms with Crippen molar-refractivity contribution in [2.75, 3.05) is 32.5 Å². The van der Waals surface area contributed by atoms with Crippen LogP contribution in [0, 0.1) is 11.3 Å². The summed E-state index contributed by atoms with van der Waals surface area (Å²) in [7, 11) is 0. The number of hydrogen-bond acceptors (Lipinski definition) is 4. The molecule has 0 bridgehead atoms. The molecule has 1 aliphatic rings. The van der Waals surface area contributed by atoms with Crippen molar-refractivity contribution in [1.82, 2.24) is 4.90 Å². The topological polar surface area (TPSA) is 36.3 Å². The Hall–Kier alpha value is -0.240. The molecular weight excluding hydrogens is 232 g/mol. The molecule has 0 aliphatic carbocycles. The molecule has 1 rings (SSSR count). The molecular formula is C13H24N2OS. The van der Waals surface area contributed by atoms with Gasteiger partial charge in [0.1, 0.15) is 4.75 Å². The summed E-state index contributed by atoms with van der Waals surface area (Å²) in [5, 5.41) is 9.20. The molecule has 0 atom stereocenters. The average Bonchev–Trinajstić information content (AvgIpc) is 2.29. The van der Waals surface area contributed by atoms with Crippen LogP contribution in [0.15, 0.2) is 0 Å². The highest BCUT2D eigenvalue weighted by Crippen LogP contribution is 2.33. The third-order valence-corrected chi connectivity index (χ3v) is 4.48. The van der Waals surface area contributed by atoms with E-state index in [1.54, 1.807) is 11.8 Å². The van der Waals surface area contributed by atoms with Gasteiger partial charge in [0.05, 0.1) is 18.3 Å². The highest BCUT2D eigenvalue weighted by atomic mass is 32.2. The second-order valence-corrected chi connectivity index (χ2v) is 6.80. The Morgan fingerprint density at radius 1 is 1.35 bits per heavy atom. The first-order valence-electron chi connectivity index (χ1n) is 6.23. The van der Waals surface area contributed by atoms with Gasteiger partial charge in [-0.2, -0.15) is 5.26 Å². The molecule has 0 aromatic carbocycles. The molecule has 1 saturated heterocycles. The van der Waals surface area contributed by atoms with Crippen LogP contribution >= 0.6 is 11.8 Å². The van der Waals surface area contributed by atoms with Gasteiger partial charge >= 0.3 is 0 Å². The van der Waals surface area contributed by atoms with E-state index in [0.717, 1.165) is 39.1 Å². The van der Waals surface area contributed by atoms with Crippen molar-refractivity contribution in [3.63, 3.8) is 0 Å². The Bertz CT molecular complexity index is 272. The van der Waals surface area contributed by atoms with E-state index < -0.39 is 0 Å². The molecule has 3 nitrogen and oxygen atoms in total. The number of piperidine rings is 1. The summed E-state index contributed by atoms with van der Waals surface area (Å²) in [5.74, 6) is 0. The maximum Gasteiger partial charge on any atom is 0.104 e. The molecule has 1 heterocycles. The fraction of sp³-hybridized carbons (Fsp3) is 0.923. The Labute approximate surface area is 110 Å². The summed E-state index contributed by atoms with van der Waals surface area (Å²) >= 11 is 1.70. The van der Waals surface area contributed by atoms with E-state index in [-0.39, 0.29) is 10.3 Å². The molecule has 0 amide bonds. The lowest BCUT2D eigenvalue weighted by Gasteiger charge is -2.36. The van der Waals surface area contributed by atoms with Gasteiger partial charge in [0.2, 0.25) is 0 Å². The Morgan fingerprint density at radius 2 is 1.94 bits per heavy atom. The zero-order valence-electron chi connectivity index (χ0n) is 11.5. The number of nitriles is 1. The summed E-state index contributed by atoms with van der Waals surface area (Å²) in [5.41, 5.74) is -0.0501. The molecule has 1 aliphatic heterocycles. The van der Waals surface area contributed by atoms with E-state index in [1.807, 2.05) is 6.26 Å². The summed E-state index contributed by atoms with van der Waals surface area (Å²) < 4.78 is 5.59. The van der Waals surface area contributed by atoms with Gasteiger partial charge < -0.3 is 9.64 Å². The summed E-state index contributed by atoms with van der Waals surface area (Å²) in [6.45, 7) is 10.0. The number of thioether (sulfide) groups is 1. The van der Waals surface area contributed by atoms with Gasteiger partial charge in [-0.1, -0.05) is 0 Å². The van der Waals surface area contributed by atoms with Gasteiger partial charge in [0.25, 0.3) is 0 Å². The van der Waals surface area contributed by atoms with E-state index in [0.29, 0.717) is 0 Å². The van der Waals surface area contributed by atoms with Gasteiger partial charge in [-0.05, 0) is 39.9 Å². The Morgan fingerprint density at radius 3 is 2.35 bits per heavy atom. The van der Waals surface area contributed by atoms with Gasteiger partial charge in [0, 0.05) is 19.6 Å². The molecule has 0 saturated carbocycles. The lowest BCUT2D eigenvalue weighted by atomic mass is 9.97. The molecule has 0 unspecified atom stereocenters. The number of rotatable bonds is 4. The first kappa shape index (κ1) is 14.8. The van der Waals surface area contributed by atoms with Crippen LogP contribution < -0.4 is 0 Å². The Kier molecular flexibility index (Phi) is 5.30. The average molecular weight is 256 g/mol. The Balaban J connectivity index is 2.26. The standard InChI is InChI=1S/C13H24N2OS/c1-12(2,3)16-10-9-15-7-5-13(11-14,17-4)6-8-15/h5-10H2,1-4H3. The number of hydrogen-bond donors (Lipinski definition) is 0. The minimum absolute atomic E-state index is 0.0501. The minimum atomic E-state index is -0.138. The van der Waals surface area contributed by atoms with E-state index in [2.05, 4.69) is 31.7 Å². The highest BCUT2D eigenvalue weighted by Gasteiger charge is 2.33. The maximum absolute atomic E-state index is 9.20. The van der Waals surface area contributed by atoms with Crippen molar-refractivity contribution in [2.45, 2.75) is 44.0 Å². The summed E-state index contributed by atoms with van der Waals surface area (Å²) in [6, 6.07) is 2.47. The molecule has 17 heavy (non-hydrogen) atoms. The molecule has 0 aromatic rings. The quantitative estimate of drug-likeness (QED) is 0.774. The second-order valence-electron chi connectivity index (χ2n) is 5.61. The lowest BCUT2D eigenvalue weighted by molar-refractivity contribution is -0.0150. The zero-order valence-corrected chi connectivity index (χ0v) is 12.3. The van der Waals surface area contributed by atoms with Crippen molar-refractivity contribution in [1.29, 1.82) is 5.26 Å². The SMILES string of the molecule is CSC1(C#N)CCN(CCOC(C)(C)C)CC1. The number of likely N-dealkylation sites (tertiary alicyclic amines) is 1. The lowest BCUT2D eigenvalue weighted by Crippen LogP contribution is -2.43. The van der Waals surface area contributed by atoms with Crippen LogP contribution in [0.25, 0.3) is 0 Å². The fourth-order valence-electron chi connectivity index (χ4n) is 1.98. The smallest absolute Gasteiger partial charge is 0.104 e. The largest absolute Gasteiger partial charge is 0.375 e. The van der Waals surface area contributed by atoms with Crippen molar-refractivity contribution < 1.29 is 4.74 Å². The predicted molar refractivity (Wildman–Crippen MR) is 73.2 cm³/mol. The van der Waals surface area contributed by atoms with Crippen LogP contribution in [0.5, 0.6) is 0 Å². The van der Waals surface area contributed by atoms with E-state index in [1.165, 1.54) is 0 Å². The number of nitrogens with zero attached hydrogens (tertiary/aromatic N) is 2. The van der Waals surface area contributed by atoms with Crippen LogP contribution in [0.1, 0.15) is 33.6 Å². The second kappa shape index (κ2) is 6.08. The van der Waals surface area contributed by atoms with Gasteiger partial charge in [-0.3, -0.25) is 0 Å². The zero-order chi connectivity index (χ0) is 12.9. The summed E-state index contributed by atoms with van der Waals surface area (Å²) in [6.07, 6.45) is 3.99. The molecule has 4 heteroatoms. The molecule has 1 fully saturated rings. The molecule has 0 spiro atoms.